The van der Waals surface area contributed by atoms with Crippen LogP contribution in [0.1, 0.15) is 12.5 Å². The van der Waals surface area contributed by atoms with E-state index in [-0.39, 0.29) is 17.5 Å². The zero-order valence-corrected chi connectivity index (χ0v) is 17.9. The largest absolute Gasteiger partial charge is 0.503 e. The fourth-order valence-corrected chi connectivity index (χ4v) is 3.91. The van der Waals surface area contributed by atoms with Crippen molar-refractivity contribution >= 4 is 66.5 Å². The van der Waals surface area contributed by atoms with Gasteiger partial charge in [0.05, 0.1) is 21.7 Å². The topological polar surface area (TPSA) is 70.9 Å². The van der Waals surface area contributed by atoms with Gasteiger partial charge in [0.15, 0.2) is 16.7 Å². The molecular formula is C18H13Br2FN2O3S. The Balaban J connectivity index is 1.91. The number of phenolic OH excluding ortho intramolecular Hbond substituents is 1. The van der Waals surface area contributed by atoms with E-state index < -0.39 is 0 Å². The number of thioether (sulfide) groups is 1. The van der Waals surface area contributed by atoms with Crippen molar-refractivity contribution in [3.8, 4) is 11.5 Å². The minimum Gasteiger partial charge on any atom is -0.503 e. The first-order chi connectivity index (χ1) is 12.9. The molecule has 0 spiro atoms. The van der Waals surface area contributed by atoms with E-state index >= 15 is 0 Å². The Bertz CT molecular complexity index is 962. The van der Waals surface area contributed by atoms with Gasteiger partial charge in [-0.3, -0.25) is 4.79 Å². The first-order valence-corrected chi connectivity index (χ1v) is 10.2. The monoisotopic (exact) mass is 514 g/mol. The molecule has 2 aromatic carbocycles. The molecule has 140 valence electrons. The summed E-state index contributed by atoms with van der Waals surface area (Å²) in [5.41, 5.74) is 1.19. The lowest BCUT2D eigenvalue weighted by Crippen LogP contribution is -2.19. The normalized spacial score (nSPS) is 16.8. The molecule has 1 saturated heterocycles. The summed E-state index contributed by atoms with van der Waals surface area (Å²) in [4.78, 5) is 17.0. The lowest BCUT2D eigenvalue weighted by molar-refractivity contribution is -0.115. The van der Waals surface area contributed by atoms with Crippen molar-refractivity contribution in [3.63, 3.8) is 0 Å². The van der Waals surface area contributed by atoms with Crippen LogP contribution in [0.4, 0.5) is 10.1 Å². The van der Waals surface area contributed by atoms with Crippen molar-refractivity contribution in [2.75, 3.05) is 6.61 Å². The maximum Gasteiger partial charge on any atom is 0.264 e. The average molecular weight is 516 g/mol. The van der Waals surface area contributed by atoms with Gasteiger partial charge in [0.25, 0.3) is 5.91 Å². The fourth-order valence-electron chi connectivity index (χ4n) is 2.24. The Morgan fingerprint density at radius 2 is 2.00 bits per heavy atom. The van der Waals surface area contributed by atoms with E-state index in [0.29, 0.717) is 42.6 Å². The quantitative estimate of drug-likeness (QED) is 0.539. The van der Waals surface area contributed by atoms with Crippen molar-refractivity contribution in [1.29, 1.82) is 0 Å². The highest BCUT2D eigenvalue weighted by atomic mass is 79.9. The van der Waals surface area contributed by atoms with Crippen LogP contribution in [0.15, 0.2) is 49.2 Å². The second kappa shape index (κ2) is 8.45. The summed E-state index contributed by atoms with van der Waals surface area (Å²) in [5.74, 6) is -0.360. The number of halogens is 3. The lowest BCUT2D eigenvalue weighted by Gasteiger charge is -2.11. The molecule has 0 atom stereocenters. The van der Waals surface area contributed by atoms with Gasteiger partial charge in [0, 0.05) is 4.47 Å². The maximum absolute atomic E-state index is 13.0. The van der Waals surface area contributed by atoms with Crippen molar-refractivity contribution < 1.29 is 19.0 Å². The number of nitrogens with one attached hydrogen (secondary N) is 1. The summed E-state index contributed by atoms with van der Waals surface area (Å²) in [6, 6.07) is 7.30. The third-order valence-corrected chi connectivity index (χ3v) is 6.54. The van der Waals surface area contributed by atoms with Crippen LogP contribution in [0.25, 0.3) is 6.08 Å². The number of carbonyl (C=O) groups excluding carboxylic acids is 1. The Kier molecular flexibility index (Phi) is 6.23. The number of amidine groups is 1. The number of carbonyl (C=O) groups is 1. The number of amides is 1. The third-order valence-electron chi connectivity index (χ3n) is 3.47. The van der Waals surface area contributed by atoms with Gasteiger partial charge >= 0.3 is 0 Å². The fraction of sp³-hybridized carbons (Fsp3) is 0.111. The summed E-state index contributed by atoms with van der Waals surface area (Å²) in [7, 11) is 0. The summed E-state index contributed by atoms with van der Waals surface area (Å²) < 4.78 is 19.4. The second-order valence-corrected chi connectivity index (χ2v) is 7.95. The summed E-state index contributed by atoms with van der Waals surface area (Å²) in [6.45, 7) is 2.20. The molecule has 27 heavy (non-hydrogen) atoms. The van der Waals surface area contributed by atoms with Gasteiger partial charge in [-0.1, -0.05) is 0 Å². The van der Waals surface area contributed by atoms with Crippen LogP contribution < -0.4 is 10.1 Å². The predicted molar refractivity (Wildman–Crippen MR) is 112 cm³/mol. The Labute approximate surface area is 176 Å². The predicted octanol–water partition coefficient (Wildman–Crippen LogP) is 5.35. The molecule has 1 heterocycles. The van der Waals surface area contributed by atoms with Crippen molar-refractivity contribution in [1.82, 2.24) is 5.32 Å². The standard InChI is InChI=1S/C18H13Br2FN2O3S/c1-2-26-12-7-9(14(19)15(20)16(12)24)8-13-17(25)23-18(27-13)22-11-5-3-10(21)4-6-11/h3-8,24H,2H2,1H3,(H,22,23,25)/b13-8+. The van der Waals surface area contributed by atoms with E-state index in [2.05, 4.69) is 42.2 Å². The molecule has 0 radical (unpaired) electrons. The van der Waals surface area contributed by atoms with E-state index in [1.54, 1.807) is 12.1 Å². The SMILES string of the molecule is CCOc1cc(/C=C2/SC(=Nc3ccc(F)cc3)NC2=O)c(Br)c(Br)c1O. The highest BCUT2D eigenvalue weighted by molar-refractivity contribution is 9.13. The van der Waals surface area contributed by atoms with Crippen LogP contribution in [0, 0.1) is 5.82 Å². The van der Waals surface area contributed by atoms with Crippen LogP contribution in [-0.2, 0) is 4.79 Å². The minimum atomic E-state index is -0.351. The third kappa shape index (κ3) is 4.53. The minimum absolute atomic E-state index is 0.0204. The second-order valence-electron chi connectivity index (χ2n) is 5.33. The van der Waals surface area contributed by atoms with E-state index in [0.717, 1.165) is 0 Å². The highest BCUT2D eigenvalue weighted by Crippen LogP contribution is 2.43. The molecule has 3 rings (SSSR count). The van der Waals surface area contributed by atoms with E-state index in [1.165, 1.54) is 36.0 Å². The maximum atomic E-state index is 13.0. The number of aliphatic imine (C=N–C) groups is 1. The number of benzene rings is 2. The first-order valence-electron chi connectivity index (χ1n) is 7.78. The molecule has 5 nitrogen and oxygen atoms in total. The van der Waals surface area contributed by atoms with Gasteiger partial charge in [-0.2, -0.15) is 0 Å². The molecular weight excluding hydrogens is 503 g/mol. The highest BCUT2D eigenvalue weighted by Gasteiger charge is 2.25. The number of rotatable bonds is 4. The molecule has 2 aromatic rings. The Morgan fingerprint density at radius 3 is 2.67 bits per heavy atom. The number of phenols is 1. The van der Waals surface area contributed by atoms with E-state index in [1.807, 2.05) is 6.92 Å². The van der Waals surface area contributed by atoms with Crippen LogP contribution in [0.3, 0.4) is 0 Å². The molecule has 1 fully saturated rings. The smallest absolute Gasteiger partial charge is 0.264 e. The van der Waals surface area contributed by atoms with Gasteiger partial charge in [-0.15, -0.1) is 0 Å². The van der Waals surface area contributed by atoms with Crippen LogP contribution in [-0.4, -0.2) is 22.8 Å². The number of ether oxygens (including phenoxy) is 1. The molecule has 9 heteroatoms. The molecule has 0 unspecified atom stereocenters. The van der Waals surface area contributed by atoms with Crippen molar-refractivity contribution in [3.05, 3.63) is 55.6 Å². The van der Waals surface area contributed by atoms with E-state index in [4.69, 9.17) is 4.74 Å². The van der Waals surface area contributed by atoms with Gasteiger partial charge in [0.2, 0.25) is 0 Å². The van der Waals surface area contributed by atoms with Crippen LogP contribution in [0.2, 0.25) is 0 Å². The Hall–Kier alpha value is -1.84. The molecule has 0 aliphatic carbocycles. The summed E-state index contributed by atoms with van der Waals surface area (Å²) in [6.07, 6.45) is 1.67. The number of hydrogen-bond acceptors (Lipinski definition) is 5. The van der Waals surface area contributed by atoms with Crippen LogP contribution in [0.5, 0.6) is 11.5 Å². The van der Waals surface area contributed by atoms with Gasteiger partial charge in [-0.05, 0) is 92.5 Å². The first kappa shape index (κ1) is 19.9. The Morgan fingerprint density at radius 1 is 1.30 bits per heavy atom. The van der Waals surface area contributed by atoms with Gasteiger partial charge in [0.1, 0.15) is 5.82 Å². The number of hydrogen-bond donors (Lipinski definition) is 2. The zero-order chi connectivity index (χ0) is 19.6. The van der Waals surface area contributed by atoms with E-state index in [9.17, 15) is 14.3 Å². The molecule has 1 amide bonds. The van der Waals surface area contributed by atoms with Gasteiger partial charge < -0.3 is 15.2 Å². The summed E-state index contributed by atoms with van der Waals surface area (Å²) in [5, 5.41) is 13.2. The lowest BCUT2D eigenvalue weighted by atomic mass is 10.2. The zero-order valence-electron chi connectivity index (χ0n) is 13.9. The molecule has 1 aliphatic rings. The number of nitrogens with zero attached hydrogens (tertiary/aromatic N) is 1. The molecule has 1 aliphatic heterocycles. The molecule has 2 N–H and O–H groups in total. The summed E-state index contributed by atoms with van der Waals surface area (Å²) >= 11 is 7.88. The average Bonchev–Trinajstić information content (AvgIpc) is 2.98. The molecule has 0 saturated carbocycles. The van der Waals surface area contributed by atoms with Crippen molar-refractivity contribution in [2.45, 2.75) is 6.92 Å². The molecule has 0 aromatic heterocycles. The van der Waals surface area contributed by atoms with Crippen LogP contribution >= 0.6 is 43.6 Å². The van der Waals surface area contributed by atoms with Gasteiger partial charge in [-0.25, -0.2) is 9.38 Å². The van der Waals surface area contributed by atoms with Crippen molar-refractivity contribution in [2.24, 2.45) is 4.99 Å². The molecule has 0 bridgehead atoms. The number of aromatic hydroxyl groups is 1.